The van der Waals surface area contributed by atoms with Gasteiger partial charge in [-0.05, 0) is 36.5 Å². The van der Waals surface area contributed by atoms with E-state index in [9.17, 15) is 0 Å². The molecule has 17 heavy (non-hydrogen) atoms. The zero-order valence-electron chi connectivity index (χ0n) is 10.2. The molecule has 0 aliphatic rings. The third kappa shape index (κ3) is 6.57. The van der Waals surface area contributed by atoms with E-state index in [1.165, 1.54) is 32.1 Å². The predicted octanol–water partition coefficient (Wildman–Crippen LogP) is 4.88. The number of hydrogen-bond donors (Lipinski definition) is 0. The van der Waals surface area contributed by atoms with Gasteiger partial charge in [0.25, 0.3) is 0 Å². The minimum Gasteiger partial charge on any atom is -0.248 e. The van der Waals surface area contributed by atoms with E-state index >= 15 is 0 Å². The molecule has 0 saturated heterocycles. The van der Waals surface area contributed by atoms with Crippen LogP contribution in [-0.2, 0) is 0 Å². The van der Waals surface area contributed by atoms with Crippen LogP contribution in [0.15, 0.2) is 28.3 Å². The van der Waals surface area contributed by atoms with Gasteiger partial charge in [-0.3, -0.25) is 0 Å². The molecule has 0 saturated carbocycles. The van der Waals surface area contributed by atoms with Gasteiger partial charge in [0.1, 0.15) is 0 Å². The first kappa shape index (κ1) is 14.4. The Morgan fingerprint density at radius 2 is 2.12 bits per heavy atom. The molecule has 0 aliphatic carbocycles. The van der Waals surface area contributed by atoms with Crippen LogP contribution in [0.4, 0.5) is 5.69 Å². The second kappa shape index (κ2) is 9.34. The first-order valence-electron chi connectivity index (χ1n) is 6.03. The summed E-state index contributed by atoms with van der Waals surface area (Å²) in [4.78, 5) is 8.19. The average molecular weight is 266 g/mol. The normalized spacial score (nSPS) is 9.94. The second-order valence-electron chi connectivity index (χ2n) is 3.82. The van der Waals surface area contributed by atoms with Crippen molar-refractivity contribution in [2.24, 2.45) is 4.99 Å². The number of aliphatic imine (C=N–C) groups is 1. The van der Waals surface area contributed by atoms with Gasteiger partial charge >= 0.3 is 0 Å². The Morgan fingerprint density at radius 3 is 2.76 bits per heavy atom. The highest BCUT2D eigenvalue weighted by Crippen LogP contribution is 2.20. The number of aromatic nitrogens is 1. The summed E-state index contributed by atoms with van der Waals surface area (Å²) < 4.78 is 0. The van der Waals surface area contributed by atoms with E-state index in [-0.39, 0.29) is 0 Å². The van der Waals surface area contributed by atoms with Crippen molar-refractivity contribution < 1.29 is 0 Å². The fourth-order valence-corrected chi connectivity index (χ4v) is 2.41. The first-order valence-corrected chi connectivity index (χ1v) is 7.43. The van der Waals surface area contributed by atoms with E-state index in [0.717, 1.165) is 16.5 Å². The van der Waals surface area contributed by atoms with Crippen molar-refractivity contribution >= 4 is 34.8 Å². The number of pyridine rings is 1. The van der Waals surface area contributed by atoms with Crippen molar-refractivity contribution in [2.45, 2.75) is 44.1 Å². The van der Waals surface area contributed by atoms with E-state index in [1.54, 1.807) is 18.0 Å². The fraction of sp³-hybridized carbons (Fsp3) is 0.538. The monoisotopic (exact) mass is 266 g/mol. The van der Waals surface area contributed by atoms with Crippen molar-refractivity contribution in [2.75, 3.05) is 5.75 Å². The molecule has 1 aromatic heterocycles. The van der Waals surface area contributed by atoms with E-state index < -0.39 is 0 Å². The summed E-state index contributed by atoms with van der Waals surface area (Å²) in [5, 5.41) is 3.40. The number of hydrogen-bond acceptors (Lipinski definition) is 4. The lowest BCUT2D eigenvalue weighted by molar-refractivity contribution is 0.659. The highest BCUT2D eigenvalue weighted by atomic mass is 32.2. The molecule has 1 heterocycles. The maximum Gasteiger partial charge on any atom is 0.0961 e. The average Bonchev–Trinajstić information content (AvgIpc) is 2.36. The van der Waals surface area contributed by atoms with Crippen molar-refractivity contribution in [3.05, 3.63) is 18.3 Å². The van der Waals surface area contributed by atoms with Crippen LogP contribution < -0.4 is 0 Å². The Hall–Kier alpha value is -0.700. The summed E-state index contributed by atoms with van der Waals surface area (Å²) in [6, 6.07) is 3.91. The highest BCUT2D eigenvalue weighted by Gasteiger charge is 1.96. The first-order chi connectivity index (χ1) is 8.36. The quantitative estimate of drug-likeness (QED) is 0.290. The Balaban J connectivity index is 2.20. The molecule has 0 fully saturated rings. The molecular weight excluding hydrogens is 248 g/mol. The van der Waals surface area contributed by atoms with Crippen molar-refractivity contribution in [3.63, 3.8) is 0 Å². The highest BCUT2D eigenvalue weighted by molar-refractivity contribution is 7.99. The van der Waals surface area contributed by atoms with E-state index in [4.69, 9.17) is 0 Å². The van der Waals surface area contributed by atoms with Crippen LogP contribution >= 0.6 is 24.0 Å². The lowest BCUT2D eigenvalue weighted by atomic mass is 10.2. The molecule has 0 spiro atoms. The molecule has 0 atom stereocenters. The molecule has 0 aliphatic heterocycles. The minimum atomic E-state index is 0.771. The van der Waals surface area contributed by atoms with E-state index in [2.05, 4.69) is 34.3 Å². The summed E-state index contributed by atoms with van der Waals surface area (Å²) in [5.74, 6) is 1.15. The van der Waals surface area contributed by atoms with Gasteiger partial charge in [0.05, 0.1) is 22.1 Å². The van der Waals surface area contributed by atoms with Gasteiger partial charge in [0.2, 0.25) is 0 Å². The van der Waals surface area contributed by atoms with E-state index in [0.29, 0.717) is 0 Å². The van der Waals surface area contributed by atoms with Crippen LogP contribution in [0.1, 0.15) is 39.0 Å². The van der Waals surface area contributed by atoms with Gasteiger partial charge in [-0.25, -0.2) is 4.98 Å². The summed E-state index contributed by atoms with van der Waals surface area (Å²) in [7, 11) is 0. The van der Waals surface area contributed by atoms with Crippen LogP contribution in [0, 0.1) is 0 Å². The van der Waals surface area contributed by atoms with Crippen LogP contribution in [-0.4, -0.2) is 15.9 Å². The fourth-order valence-electron chi connectivity index (χ4n) is 1.46. The smallest absolute Gasteiger partial charge is 0.0961 e. The third-order valence-corrected chi connectivity index (χ3v) is 3.51. The zero-order chi connectivity index (χ0) is 12.3. The molecule has 0 unspecified atom stereocenters. The molecule has 2 nitrogen and oxygen atoms in total. The predicted molar refractivity (Wildman–Crippen MR) is 78.4 cm³/mol. The number of thioether (sulfide) groups is 1. The van der Waals surface area contributed by atoms with Crippen molar-refractivity contribution in [1.82, 2.24) is 4.98 Å². The lowest BCUT2D eigenvalue weighted by Gasteiger charge is -2.01. The van der Waals surface area contributed by atoms with Gasteiger partial charge in [-0.15, -0.1) is 11.8 Å². The molecule has 0 radical (unpaired) electrons. The van der Waals surface area contributed by atoms with Crippen LogP contribution in [0.25, 0.3) is 0 Å². The minimum absolute atomic E-state index is 0.771. The second-order valence-corrected chi connectivity index (χ2v) is 5.12. The molecule has 92 valence electrons. The topological polar surface area (TPSA) is 25.2 Å². The Bertz CT molecular complexity index is 356. The van der Waals surface area contributed by atoms with Crippen molar-refractivity contribution in [3.8, 4) is 0 Å². The van der Waals surface area contributed by atoms with Gasteiger partial charge in [0, 0.05) is 0 Å². The molecule has 1 rings (SSSR count). The summed E-state index contributed by atoms with van der Waals surface area (Å²) in [6.45, 7) is 2.24. The molecular formula is C13H18N2S2. The Kier molecular flexibility index (Phi) is 7.89. The number of rotatable bonds is 8. The van der Waals surface area contributed by atoms with Crippen LogP contribution in [0.3, 0.4) is 0 Å². The zero-order valence-corrected chi connectivity index (χ0v) is 11.8. The van der Waals surface area contributed by atoms with Gasteiger partial charge in [-0.1, -0.05) is 32.6 Å². The summed E-state index contributed by atoms with van der Waals surface area (Å²) in [6.07, 6.45) is 8.34. The van der Waals surface area contributed by atoms with Gasteiger partial charge in [0.15, 0.2) is 0 Å². The maximum atomic E-state index is 4.54. The van der Waals surface area contributed by atoms with Crippen LogP contribution in [0.5, 0.6) is 0 Å². The summed E-state index contributed by atoms with van der Waals surface area (Å²) >= 11 is 6.34. The standard InChI is InChI=1S/C13H18N2S2/c1-2-3-4-5-6-9-17-13-8-7-12(10-14-13)15-11-16/h7-8,10H,2-6,9H2,1H3. The molecule has 0 aromatic carbocycles. The van der Waals surface area contributed by atoms with Gasteiger partial charge < -0.3 is 0 Å². The third-order valence-electron chi connectivity index (χ3n) is 2.39. The number of thiocarbonyl (C=S) groups is 1. The number of nitrogens with zero attached hydrogens (tertiary/aromatic N) is 2. The Labute approximate surface area is 113 Å². The number of unbranched alkanes of at least 4 members (excludes halogenated alkanes) is 4. The molecule has 0 amide bonds. The Morgan fingerprint density at radius 1 is 1.29 bits per heavy atom. The van der Waals surface area contributed by atoms with Crippen molar-refractivity contribution in [1.29, 1.82) is 0 Å². The van der Waals surface area contributed by atoms with Gasteiger partial charge in [-0.2, -0.15) is 4.99 Å². The lowest BCUT2D eigenvalue weighted by Crippen LogP contribution is -1.84. The maximum absolute atomic E-state index is 4.54. The SMILES string of the molecule is CCCCCCCSc1ccc(N=C=S)cn1. The molecule has 0 bridgehead atoms. The van der Waals surface area contributed by atoms with E-state index in [1.807, 2.05) is 12.1 Å². The molecule has 4 heteroatoms. The summed E-state index contributed by atoms with van der Waals surface area (Å²) in [5.41, 5.74) is 0.771. The molecule has 1 aromatic rings. The number of isothiocyanates is 1. The van der Waals surface area contributed by atoms with Crippen LogP contribution in [0.2, 0.25) is 0 Å². The molecule has 0 N–H and O–H groups in total. The largest absolute Gasteiger partial charge is 0.248 e.